The topological polar surface area (TPSA) is 89.7 Å². The highest BCUT2D eigenvalue weighted by Crippen LogP contribution is 2.29. The number of carboxylic acids is 1. The number of carbonyl (C=O) groups is 1. The van der Waals surface area contributed by atoms with Gasteiger partial charge in [0.25, 0.3) is 0 Å². The molecular weight excluding hydrogens is 476 g/mol. The van der Waals surface area contributed by atoms with Crippen molar-refractivity contribution >= 4 is 33.2 Å². The third-order valence-corrected chi connectivity index (χ3v) is 5.64. The van der Waals surface area contributed by atoms with Crippen molar-refractivity contribution in [2.24, 2.45) is 0 Å². The number of carboxylic acid groups (broad SMARTS) is 1. The number of morpholine rings is 1. The molecule has 1 fully saturated rings. The van der Waals surface area contributed by atoms with Crippen LogP contribution in [0.5, 0.6) is 5.75 Å². The lowest BCUT2D eigenvalue weighted by atomic mass is 10.0. The molecule has 2 heterocycles. The molecule has 32 heavy (non-hydrogen) atoms. The average molecular weight is 499 g/mol. The Kier molecular flexibility index (Phi) is 6.87. The first-order valence-corrected chi connectivity index (χ1v) is 11.0. The van der Waals surface area contributed by atoms with Gasteiger partial charge >= 0.3 is 5.97 Å². The maximum absolute atomic E-state index is 11.1. The molecule has 1 N–H and O–H groups in total. The van der Waals surface area contributed by atoms with E-state index in [1.54, 1.807) is 11.6 Å². The first-order valence-electron chi connectivity index (χ1n) is 10.2. The molecule has 0 amide bonds. The van der Waals surface area contributed by atoms with Crippen molar-refractivity contribution < 1.29 is 19.4 Å². The summed E-state index contributed by atoms with van der Waals surface area (Å²) in [6, 6.07) is 13.5. The standard InChI is InChI=1S/C23H23BrN4O4/c1-16(12-23(29)30)17-2-7-21(27-8-10-31-11-9-27)22(13-17)28-14-19(25-26-28)15-32-20-5-3-18(24)4-6-20/h2-7,12-14H,8-11,15H2,1H3,(H,29,30)/b16-12+. The molecule has 3 aromatic rings. The molecule has 0 radical (unpaired) electrons. The molecule has 9 heteroatoms. The van der Waals surface area contributed by atoms with E-state index in [4.69, 9.17) is 14.6 Å². The van der Waals surface area contributed by atoms with Crippen LogP contribution in [0.2, 0.25) is 0 Å². The smallest absolute Gasteiger partial charge is 0.328 e. The molecule has 166 valence electrons. The molecule has 1 aliphatic heterocycles. The SMILES string of the molecule is C/C(=C\C(=O)O)c1ccc(N2CCOCC2)c(-n2cc(COc3ccc(Br)cc3)nn2)c1. The monoisotopic (exact) mass is 498 g/mol. The summed E-state index contributed by atoms with van der Waals surface area (Å²) in [6.45, 7) is 4.91. The minimum atomic E-state index is -0.977. The first kappa shape index (κ1) is 22.0. The Hall–Kier alpha value is -3.17. The van der Waals surface area contributed by atoms with E-state index in [-0.39, 0.29) is 6.61 Å². The number of nitrogens with zero attached hydrogens (tertiary/aromatic N) is 4. The Morgan fingerprint density at radius 2 is 1.94 bits per heavy atom. The Morgan fingerprint density at radius 3 is 2.66 bits per heavy atom. The van der Waals surface area contributed by atoms with E-state index in [2.05, 4.69) is 31.1 Å². The van der Waals surface area contributed by atoms with Gasteiger partial charge in [-0.2, -0.15) is 0 Å². The average Bonchev–Trinajstić information content (AvgIpc) is 3.27. The lowest BCUT2D eigenvalue weighted by Gasteiger charge is -2.30. The van der Waals surface area contributed by atoms with Gasteiger partial charge in [-0.05, 0) is 54.5 Å². The predicted molar refractivity (Wildman–Crippen MR) is 124 cm³/mol. The van der Waals surface area contributed by atoms with Crippen molar-refractivity contribution in [1.82, 2.24) is 15.0 Å². The fraction of sp³-hybridized carbons (Fsp3) is 0.261. The first-order chi connectivity index (χ1) is 15.5. The van der Waals surface area contributed by atoms with E-state index in [9.17, 15) is 4.79 Å². The zero-order chi connectivity index (χ0) is 22.5. The number of hydrogen-bond donors (Lipinski definition) is 1. The van der Waals surface area contributed by atoms with Crippen LogP contribution >= 0.6 is 15.9 Å². The molecule has 0 saturated carbocycles. The lowest BCUT2D eigenvalue weighted by molar-refractivity contribution is -0.131. The summed E-state index contributed by atoms with van der Waals surface area (Å²) in [5.41, 5.74) is 3.97. The highest BCUT2D eigenvalue weighted by atomic mass is 79.9. The number of rotatable bonds is 7. The number of hydrogen-bond acceptors (Lipinski definition) is 6. The van der Waals surface area contributed by atoms with E-state index >= 15 is 0 Å². The summed E-state index contributed by atoms with van der Waals surface area (Å²) in [5.74, 6) is -0.234. The van der Waals surface area contributed by atoms with Crippen LogP contribution in [0.3, 0.4) is 0 Å². The fourth-order valence-electron chi connectivity index (χ4n) is 3.46. The molecule has 1 aromatic heterocycles. The van der Waals surface area contributed by atoms with Gasteiger partial charge in [0.1, 0.15) is 18.1 Å². The summed E-state index contributed by atoms with van der Waals surface area (Å²) in [6.07, 6.45) is 3.03. The number of halogens is 1. The largest absolute Gasteiger partial charge is 0.487 e. The van der Waals surface area contributed by atoms with Crippen molar-refractivity contribution in [3.05, 3.63) is 70.5 Å². The third-order valence-electron chi connectivity index (χ3n) is 5.11. The number of aliphatic carboxylic acids is 1. The van der Waals surface area contributed by atoms with Gasteiger partial charge in [-0.3, -0.25) is 0 Å². The van der Waals surface area contributed by atoms with Crippen LogP contribution in [-0.4, -0.2) is 52.4 Å². The van der Waals surface area contributed by atoms with E-state index in [1.807, 2.05) is 48.7 Å². The van der Waals surface area contributed by atoms with Crippen LogP contribution in [0.1, 0.15) is 18.2 Å². The van der Waals surface area contributed by atoms with Crippen LogP contribution in [0, 0.1) is 0 Å². The molecule has 4 rings (SSSR count). The Bertz CT molecular complexity index is 1120. The Balaban J connectivity index is 1.62. The van der Waals surface area contributed by atoms with Crippen LogP contribution in [-0.2, 0) is 16.1 Å². The van der Waals surface area contributed by atoms with Gasteiger partial charge in [-0.15, -0.1) is 5.10 Å². The lowest BCUT2D eigenvalue weighted by Crippen LogP contribution is -2.36. The summed E-state index contributed by atoms with van der Waals surface area (Å²) in [5, 5.41) is 17.7. The molecule has 0 aliphatic carbocycles. The maximum Gasteiger partial charge on any atom is 0.328 e. The molecular formula is C23H23BrN4O4. The Labute approximate surface area is 194 Å². The highest BCUT2D eigenvalue weighted by Gasteiger charge is 2.18. The van der Waals surface area contributed by atoms with Gasteiger partial charge in [0.05, 0.1) is 30.8 Å². The van der Waals surface area contributed by atoms with E-state index < -0.39 is 5.97 Å². The number of benzene rings is 2. The maximum atomic E-state index is 11.1. The van der Waals surface area contributed by atoms with E-state index in [1.165, 1.54) is 6.08 Å². The summed E-state index contributed by atoms with van der Waals surface area (Å²) in [7, 11) is 0. The molecule has 2 aromatic carbocycles. The molecule has 1 aliphatic rings. The van der Waals surface area contributed by atoms with Crippen molar-refractivity contribution in [2.45, 2.75) is 13.5 Å². The second-order valence-corrected chi connectivity index (χ2v) is 8.28. The third kappa shape index (κ3) is 5.35. The molecule has 0 spiro atoms. The zero-order valence-electron chi connectivity index (χ0n) is 17.6. The normalized spacial score (nSPS) is 14.4. The van der Waals surface area contributed by atoms with Crippen LogP contribution in [0.4, 0.5) is 5.69 Å². The van der Waals surface area contributed by atoms with Crippen molar-refractivity contribution in [3.63, 3.8) is 0 Å². The van der Waals surface area contributed by atoms with Crippen LogP contribution < -0.4 is 9.64 Å². The van der Waals surface area contributed by atoms with Gasteiger partial charge in [0, 0.05) is 23.6 Å². The highest BCUT2D eigenvalue weighted by molar-refractivity contribution is 9.10. The zero-order valence-corrected chi connectivity index (χ0v) is 19.2. The quantitative estimate of drug-likeness (QED) is 0.493. The van der Waals surface area contributed by atoms with Gasteiger partial charge in [-0.25, -0.2) is 9.48 Å². The minimum absolute atomic E-state index is 0.284. The summed E-state index contributed by atoms with van der Waals surface area (Å²) in [4.78, 5) is 13.4. The Morgan fingerprint density at radius 1 is 1.19 bits per heavy atom. The van der Waals surface area contributed by atoms with E-state index in [0.29, 0.717) is 24.5 Å². The van der Waals surface area contributed by atoms with Crippen LogP contribution in [0.25, 0.3) is 11.3 Å². The number of anilines is 1. The summed E-state index contributed by atoms with van der Waals surface area (Å²) >= 11 is 3.41. The van der Waals surface area contributed by atoms with Crippen molar-refractivity contribution in [3.8, 4) is 11.4 Å². The van der Waals surface area contributed by atoms with Gasteiger partial charge in [-0.1, -0.05) is 27.2 Å². The van der Waals surface area contributed by atoms with E-state index in [0.717, 1.165) is 40.2 Å². The minimum Gasteiger partial charge on any atom is -0.487 e. The van der Waals surface area contributed by atoms with Crippen molar-refractivity contribution in [1.29, 1.82) is 0 Å². The number of aromatic nitrogens is 3. The van der Waals surface area contributed by atoms with Crippen molar-refractivity contribution in [2.75, 3.05) is 31.2 Å². The molecule has 0 bridgehead atoms. The second kappa shape index (κ2) is 9.97. The van der Waals surface area contributed by atoms with Crippen LogP contribution in [0.15, 0.2) is 59.2 Å². The molecule has 1 saturated heterocycles. The number of ether oxygens (including phenoxy) is 2. The molecule has 0 atom stereocenters. The fourth-order valence-corrected chi connectivity index (χ4v) is 3.73. The van der Waals surface area contributed by atoms with Gasteiger partial charge in [0.15, 0.2) is 0 Å². The number of allylic oxidation sites excluding steroid dienone is 1. The predicted octanol–water partition coefficient (Wildman–Crippen LogP) is 3.93. The molecule has 8 nitrogen and oxygen atoms in total. The van der Waals surface area contributed by atoms with Gasteiger partial charge < -0.3 is 19.5 Å². The second-order valence-electron chi connectivity index (χ2n) is 7.37. The molecule has 0 unspecified atom stereocenters. The van der Waals surface area contributed by atoms with Gasteiger partial charge in [0.2, 0.25) is 0 Å². The summed E-state index contributed by atoms with van der Waals surface area (Å²) < 4.78 is 14.0.